The molecule has 0 aromatic heterocycles. The second-order valence-electron chi connectivity index (χ2n) is 4.86. The van der Waals surface area contributed by atoms with Crippen molar-refractivity contribution in [3.8, 4) is 0 Å². The molecule has 19 heavy (non-hydrogen) atoms. The minimum absolute atomic E-state index is 0.0717. The second kappa shape index (κ2) is 5.81. The van der Waals surface area contributed by atoms with Crippen molar-refractivity contribution in [2.45, 2.75) is 20.3 Å². The first kappa shape index (κ1) is 13.5. The van der Waals surface area contributed by atoms with Gasteiger partial charge in [-0.25, -0.2) is 0 Å². The summed E-state index contributed by atoms with van der Waals surface area (Å²) in [5.41, 5.74) is 10.5. The predicted molar refractivity (Wildman–Crippen MR) is 78.5 cm³/mol. The maximum absolute atomic E-state index is 12.4. The third-order valence-corrected chi connectivity index (χ3v) is 3.42. The van der Waals surface area contributed by atoms with Crippen LogP contribution in [0.25, 0.3) is 0 Å². The molecule has 0 fully saturated rings. The lowest BCUT2D eigenvalue weighted by Gasteiger charge is -2.06. The van der Waals surface area contributed by atoms with Crippen LogP contribution in [0.15, 0.2) is 42.5 Å². The van der Waals surface area contributed by atoms with Gasteiger partial charge in [0.2, 0.25) is 0 Å². The molecule has 0 bridgehead atoms. The van der Waals surface area contributed by atoms with Crippen molar-refractivity contribution in [3.05, 3.63) is 70.3 Å². The quantitative estimate of drug-likeness (QED) is 0.851. The van der Waals surface area contributed by atoms with E-state index in [1.54, 1.807) is 0 Å². The molecule has 0 aliphatic carbocycles. The van der Waals surface area contributed by atoms with Gasteiger partial charge in [0.25, 0.3) is 0 Å². The van der Waals surface area contributed by atoms with Gasteiger partial charge in [-0.1, -0.05) is 36.4 Å². The summed E-state index contributed by atoms with van der Waals surface area (Å²) in [6, 6.07) is 13.5. The molecule has 0 atom stereocenters. The lowest BCUT2D eigenvalue weighted by molar-refractivity contribution is 0.103. The van der Waals surface area contributed by atoms with E-state index in [-0.39, 0.29) is 5.78 Å². The van der Waals surface area contributed by atoms with Gasteiger partial charge in [0, 0.05) is 11.1 Å². The minimum atomic E-state index is 0.0717. The van der Waals surface area contributed by atoms with Crippen molar-refractivity contribution in [2.24, 2.45) is 5.73 Å². The Balaban J connectivity index is 2.25. The SMILES string of the molecule is Cc1ccc(C(=O)c2ccc(CCN)cc2)cc1C. The first-order valence-corrected chi connectivity index (χ1v) is 6.53. The number of rotatable bonds is 4. The average molecular weight is 253 g/mol. The molecule has 2 nitrogen and oxygen atoms in total. The van der Waals surface area contributed by atoms with Crippen LogP contribution < -0.4 is 5.73 Å². The van der Waals surface area contributed by atoms with E-state index >= 15 is 0 Å². The summed E-state index contributed by atoms with van der Waals surface area (Å²) in [6.45, 7) is 4.70. The van der Waals surface area contributed by atoms with Crippen LogP contribution in [0.1, 0.15) is 32.6 Å². The first-order chi connectivity index (χ1) is 9.11. The van der Waals surface area contributed by atoms with E-state index in [2.05, 4.69) is 0 Å². The van der Waals surface area contributed by atoms with E-state index in [1.807, 2.05) is 56.3 Å². The molecular weight excluding hydrogens is 234 g/mol. The molecule has 0 unspecified atom stereocenters. The minimum Gasteiger partial charge on any atom is -0.330 e. The van der Waals surface area contributed by atoms with Gasteiger partial charge < -0.3 is 5.73 Å². The Kier molecular flexibility index (Phi) is 4.13. The molecule has 2 N–H and O–H groups in total. The number of hydrogen-bond acceptors (Lipinski definition) is 2. The molecule has 2 aromatic carbocycles. The zero-order valence-electron chi connectivity index (χ0n) is 11.4. The third-order valence-electron chi connectivity index (χ3n) is 3.42. The van der Waals surface area contributed by atoms with Crippen molar-refractivity contribution in [2.75, 3.05) is 6.54 Å². The summed E-state index contributed by atoms with van der Waals surface area (Å²) < 4.78 is 0. The monoisotopic (exact) mass is 253 g/mol. The Labute approximate surface area is 114 Å². The molecule has 0 heterocycles. The maximum Gasteiger partial charge on any atom is 0.193 e. The fraction of sp³-hybridized carbons (Fsp3) is 0.235. The van der Waals surface area contributed by atoms with Gasteiger partial charge in [-0.2, -0.15) is 0 Å². The fourth-order valence-corrected chi connectivity index (χ4v) is 2.04. The highest BCUT2D eigenvalue weighted by molar-refractivity contribution is 6.09. The number of carbonyl (C=O) groups is 1. The van der Waals surface area contributed by atoms with Gasteiger partial charge in [-0.3, -0.25) is 4.79 Å². The molecule has 0 spiro atoms. The van der Waals surface area contributed by atoms with Crippen LogP contribution in [0, 0.1) is 13.8 Å². The lowest BCUT2D eigenvalue weighted by Crippen LogP contribution is -2.04. The van der Waals surface area contributed by atoms with E-state index in [9.17, 15) is 4.79 Å². The highest BCUT2D eigenvalue weighted by Crippen LogP contribution is 2.15. The maximum atomic E-state index is 12.4. The Morgan fingerprint density at radius 2 is 1.58 bits per heavy atom. The summed E-state index contributed by atoms with van der Waals surface area (Å²) in [4.78, 5) is 12.4. The third kappa shape index (κ3) is 3.09. The number of nitrogens with two attached hydrogens (primary N) is 1. The summed E-state index contributed by atoms with van der Waals surface area (Å²) in [7, 11) is 0. The molecule has 0 saturated carbocycles. The van der Waals surface area contributed by atoms with Gasteiger partial charge in [-0.15, -0.1) is 0 Å². The van der Waals surface area contributed by atoms with Crippen molar-refractivity contribution < 1.29 is 4.79 Å². The van der Waals surface area contributed by atoms with Crippen LogP contribution in [0.2, 0.25) is 0 Å². The number of benzene rings is 2. The van der Waals surface area contributed by atoms with Crippen molar-refractivity contribution >= 4 is 5.78 Å². The van der Waals surface area contributed by atoms with Crippen LogP contribution in [-0.4, -0.2) is 12.3 Å². The van der Waals surface area contributed by atoms with Crippen LogP contribution >= 0.6 is 0 Å². The van der Waals surface area contributed by atoms with Gasteiger partial charge >= 0.3 is 0 Å². The second-order valence-corrected chi connectivity index (χ2v) is 4.86. The summed E-state index contributed by atoms with van der Waals surface area (Å²) in [5, 5.41) is 0. The molecule has 0 radical (unpaired) electrons. The van der Waals surface area contributed by atoms with Crippen LogP contribution in [0.3, 0.4) is 0 Å². The highest BCUT2D eigenvalue weighted by atomic mass is 16.1. The average Bonchev–Trinajstić information content (AvgIpc) is 2.42. The van der Waals surface area contributed by atoms with E-state index in [0.29, 0.717) is 6.54 Å². The van der Waals surface area contributed by atoms with Crippen molar-refractivity contribution in [3.63, 3.8) is 0 Å². The lowest BCUT2D eigenvalue weighted by atomic mass is 9.98. The molecule has 2 heteroatoms. The summed E-state index contributed by atoms with van der Waals surface area (Å²) >= 11 is 0. The van der Waals surface area contributed by atoms with E-state index in [1.165, 1.54) is 11.1 Å². The predicted octanol–water partition coefficient (Wildman–Crippen LogP) is 3.04. The fourth-order valence-electron chi connectivity index (χ4n) is 2.04. The summed E-state index contributed by atoms with van der Waals surface area (Å²) in [5.74, 6) is 0.0717. The molecular formula is C17H19NO. The molecule has 98 valence electrons. The zero-order chi connectivity index (χ0) is 13.8. The molecule has 2 aromatic rings. The molecule has 2 rings (SSSR count). The first-order valence-electron chi connectivity index (χ1n) is 6.53. The Hall–Kier alpha value is -1.93. The Morgan fingerprint density at radius 3 is 2.16 bits per heavy atom. The van der Waals surface area contributed by atoms with Crippen LogP contribution in [0.4, 0.5) is 0 Å². The molecule has 0 aliphatic heterocycles. The number of ketones is 1. The molecule has 0 aliphatic rings. The van der Waals surface area contributed by atoms with Gasteiger partial charge in [0.1, 0.15) is 0 Å². The topological polar surface area (TPSA) is 43.1 Å². The van der Waals surface area contributed by atoms with E-state index < -0.39 is 0 Å². The standard InChI is InChI=1S/C17H19NO/c1-12-3-6-16(11-13(12)2)17(19)15-7-4-14(5-8-15)9-10-18/h3-8,11H,9-10,18H2,1-2H3. The van der Waals surface area contributed by atoms with Gasteiger partial charge in [-0.05, 0) is 49.6 Å². The largest absolute Gasteiger partial charge is 0.330 e. The van der Waals surface area contributed by atoms with E-state index in [4.69, 9.17) is 5.73 Å². The van der Waals surface area contributed by atoms with Crippen molar-refractivity contribution in [1.82, 2.24) is 0 Å². The highest BCUT2D eigenvalue weighted by Gasteiger charge is 2.09. The summed E-state index contributed by atoms with van der Waals surface area (Å²) in [6.07, 6.45) is 0.845. The zero-order valence-corrected chi connectivity index (χ0v) is 11.4. The number of hydrogen-bond donors (Lipinski definition) is 1. The van der Waals surface area contributed by atoms with Crippen molar-refractivity contribution in [1.29, 1.82) is 0 Å². The Morgan fingerprint density at radius 1 is 0.947 bits per heavy atom. The van der Waals surface area contributed by atoms with Gasteiger partial charge in [0.05, 0.1) is 0 Å². The normalized spacial score (nSPS) is 10.5. The number of aryl methyl sites for hydroxylation is 2. The van der Waals surface area contributed by atoms with Crippen LogP contribution in [0.5, 0.6) is 0 Å². The smallest absolute Gasteiger partial charge is 0.193 e. The van der Waals surface area contributed by atoms with E-state index in [0.717, 1.165) is 23.1 Å². The Bertz CT molecular complexity index is 585. The molecule has 0 amide bonds. The molecule has 0 saturated heterocycles. The van der Waals surface area contributed by atoms with Crippen LogP contribution in [-0.2, 0) is 6.42 Å². The van der Waals surface area contributed by atoms with Gasteiger partial charge in [0.15, 0.2) is 5.78 Å². The number of carbonyl (C=O) groups excluding carboxylic acids is 1.